The van der Waals surface area contributed by atoms with Gasteiger partial charge in [0.05, 0.1) is 6.04 Å². The standard InChI is InChI=1S/C27H25F6NO3S/c28-26(29,30)22(35)34-21(17-7-3-1-4-8-17)20-18-11-16-12-24(14-18,38-19-9-5-2-6-10-19)15-25(20,13-16)37-23(36)27(31,32)33/h1-10,16,18,20-21H,11-15H2,(H,34,35)/t16?,18?,20?,21-,24?,25?/m0/s1. The topological polar surface area (TPSA) is 55.4 Å². The molecule has 2 aromatic rings. The zero-order valence-corrected chi connectivity index (χ0v) is 20.8. The molecule has 38 heavy (non-hydrogen) atoms. The minimum atomic E-state index is -5.27. The van der Waals surface area contributed by atoms with Crippen LogP contribution in [0.25, 0.3) is 0 Å². The van der Waals surface area contributed by atoms with E-state index in [1.807, 2.05) is 30.3 Å². The average Bonchev–Trinajstić information content (AvgIpc) is 2.82. The van der Waals surface area contributed by atoms with E-state index in [9.17, 15) is 35.9 Å². The molecule has 0 heterocycles. The zero-order valence-electron chi connectivity index (χ0n) is 20.0. The predicted molar refractivity (Wildman–Crippen MR) is 127 cm³/mol. The molecule has 0 spiro atoms. The Kier molecular flexibility index (Phi) is 6.72. The summed E-state index contributed by atoms with van der Waals surface area (Å²) in [4.78, 5) is 25.3. The van der Waals surface area contributed by atoms with E-state index in [-0.39, 0.29) is 24.7 Å². The van der Waals surface area contributed by atoms with Crippen LogP contribution in [-0.4, -0.2) is 34.6 Å². The van der Waals surface area contributed by atoms with Crippen LogP contribution in [-0.2, 0) is 14.3 Å². The summed E-state index contributed by atoms with van der Waals surface area (Å²) in [7, 11) is 0. The lowest BCUT2D eigenvalue weighted by atomic mass is 9.47. The molecular formula is C27H25F6NO3S. The first kappa shape index (κ1) is 26.9. The number of carbonyl (C=O) groups is 2. The summed E-state index contributed by atoms with van der Waals surface area (Å²) in [5.41, 5.74) is -1.38. The molecule has 4 nitrogen and oxygen atoms in total. The van der Waals surface area contributed by atoms with Crippen LogP contribution in [0.4, 0.5) is 26.3 Å². The second-order valence-corrected chi connectivity index (χ2v) is 12.1. The monoisotopic (exact) mass is 557 g/mol. The molecule has 204 valence electrons. The number of thioether (sulfide) groups is 1. The quantitative estimate of drug-likeness (QED) is 0.320. The highest BCUT2D eigenvalue weighted by atomic mass is 32.2. The number of carbonyl (C=O) groups excluding carboxylic acids is 2. The van der Waals surface area contributed by atoms with Crippen LogP contribution in [0, 0.1) is 17.8 Å². The zero-order chi connectivity index (χ0) is 27.3. The Bertz CT molecular complexity index is 1190. The second kappa shape index (κ2) is 9.50. The van der Waals surface area contributed by atoms with Crippen molar-refractivity contribution in [1.29, 1.82) is 0 Å². The molecule has 4 saturated carbocycles. The molecule has 0 saturated heterocycles. The maximum absolute atomic E-state index is 13.5. The number of esters is 1. The Morgan fingerprint density at radius 3 is 2.13 bits per heavy atom. The number of ether oxygens (including phenoxy) is 1. The third-order valence-electron chi connectivity index (χ3n) is 7.97. The van der Waals surface area contributed by atoms with Gasteiger partial charge in [-0.2, -0.15) is 26.3 Å². The van der Waals surface area contributed by atoms with Crippen molar-refractivity contribution in [3.63, 3.8) is 0 Å². The normalized spacial score (nSPS) is 31.1. The van der Waals surface area contributed by atoms with Crippen molar-refractivity contribution in [3.05, 3.63) is 66.2 Å². The summed E-state index contributed by atoms with van der Waals surface area (Å²) < 4.78 is 85.4. The molecule has 2 aromatic carbocycles. The fraction of sp³-hybridized carbons (Fsp3) is 0.481. The molecule has 1 N–H and O–H groups in total. The number of benzene rings is 2. The fourth-order valence-electron chi connectivity index (χ4n) is 7.13. The van der Waals surface area contributed by atoms with Crippen molar-refractivity contribution in [2.75, 3.05) is 0 Å². The van der Waals surface area contributed by atoms with Crippen molar-refractivity contribution >= 4 is 23.6 Å². The molecule has 1 amide bonds. The van der Waals surface area contributed by atoms with Crippen LogP contribution in [0.1, 0.15) is 43.7 Å². The largest absolute Gasteiger partial charge is 0.490 e. The van der Waals surface area contributed by atoms with Gasteiger partial charge in [-0.3, -0.25) is 4.79 Å². The molecule has 0 aliphatic heterocycles. The number of halogens is 6. The highest BCUT2D eigenvalue weighted by molar-refractivity contribution is 8.00. The molecule has 4 bridgehead atoms. The van der Waals surface area contributed by atoms with Gasteiger partial charge in [-0.15, -0.1) is 11.8 Å². The maximum Gasteiger partial charge on any atom is 0.490 e. The molecule has 4 aliphatic rings. The Hall–Kier alpha value is -2.69. The number of rotatable bonds is 6. The minimum absolute atomic E-state index is 0.0459. The second-order valence-electron chi connectivity index (χ2n) is 10.6. The van der Waals surface area contributed by atoms with Crippen LogP contribution < -0.4 is 5.32 Å². The van der Waals surface area contributed by atoms with Gasteiger partial charge in [0.2, 0.25) is 0 Å². The van der Waals surface area contributed by atoms with E-state index >= 15 is 0 Å². The maximum atomic E-state index is 13.5. The first-order chi connectivity index (χ1) is 17.8. The highest BCUT2D eigenvalue weighted by Gasteiger charge is 2.67. The summed E-state index contributed by atoms with van der Waals surface area (Å²) >= 11 is 1.52. The first-order valence-corrected chi connectivity index (χ1v) is 13.1. The third-order valence-corrected chi connectivity index (χ3v) is 9.39. The third kappa shape index (κ3) is 5.13. The van der Waals surface area contributed by atoms with Gasteiger partial charge in [-0.05, 0) is 55.2 Å². The number of alkyl halides is 6. The summed E-state index contributed by atoms with van der Waals surface area (Å²) in [6, 6.07) is 15.9. The summed E-state index contributed by atoms with van der Waals surface area (Å²) in [5, 5.41) is 2.06. The van der Waals surface area contributed by atoms with Crippen LogP contribution in [0.5, 0.6) is 0 Å². The minimum Gasteiger partial charge on any atom is -0.452 e. The smallest absolute Gasteiger partial charge is 0.452 e. The van der Waals surface area contributed by atoms with E-state index in [1.165, 1.54) is 23.9 Å². The Morgan fingerprint density at radius 2 is 1.53 bits per heavy atom. The van der Waals surface area contributed by atoms with E-state index < -0.39 is 46.5 Å². The van der Waals surface area contributed by atoms with Crippen LogP contribution in [0.3, 0.4) is 0 Å². The molecule has 6 rings (SSSR count). The van der Waals surface area contributed by atoms with Crippen molar-refractivity contribution in [2.45, 2.75) is 65.7 Å². The molecular weight excluding hydrogens is 532 g/mol. The summed E-state index contributed by atoms with van der Waals surface area (Å²) in [5.74, 6) is -5.95. The van der Waals surface area contributed by atoms with Gasteiger partial charge in [0.15, 0.2) is 0 Å². The lowest BCUT2D eigenvalue weighted by molar-refractivity contribution is -0.244. The van der Waals surface area contributed by atoms with Crippen molar-refractivity contribution in [3.8, 4) is 0 Å². The highest BCUT2D eigenvalue weighted by Crippen LogP contribution is 2.68. The molecule has 0 aromatic heterocycles. The van der Waals surface area contributed by atoms with Crippen LogP contribution in [0.2, 0.25) is 0 Å². The summed E-state index contributed by atoms with van der Waals surface area (Å²) in [6.07, 6.45) is -8.54. The van der Waals surface area contributed by atoms with Gasteiger partial charge < -0.3 is 10.1 Å². The lowest BCUT2D eigenvalue weighted by Gasteiger charge is -2.65. The number of hydrogen-bond acceptors (Lipinski definition) is 4. The Balaban J connectivity index is 1.59. The van der Waals surface area contributed by atoms with Crippen LogP contribution >= 0.6 is 11.8 Å². The molecule has 4 aliphatic carbocycles. The fourth-order valence-corrected chi connectivity index (χ4v) is 8.86. The van der Waals surface area contributed by atoms with E-state index in [1.54, 1.807) is 18.2 Å². The first-order valence-electron chi connectivity index (χ1n) is 12.3. The Morgan fingerprint density at radius 1 is 0.895 bits per heavy atom. The Labute approximate surface area is 219 Å². The van der Waals surface area contributed by atoms with E-state index in [0.717, 1.165) is 4.90 Å². The van der Waals surface area contributed by atoms with Gasteiger partial charge in [0.1, 0.15) is 5.60 Å². The van der Waals surface area contributed by atoms with Crippen molar-refractivity contribution < 1.29 is 40.7 Å². The van der Waals surface area contributed by atoms with Gasteiger partial charge in [0.25, 0.3) is 0 Å². The molecule has 4 fully saturated rings. The molecule has 5 unspecified atom stereocenters. The van der Waals surface area contributed by atoms with E-state index in [2.05, 4.69) is 5.32 Å². The van der Waals surface area contributed by atoms with Crippen molar-refractivity contribution in [2.24, 2.45) is 17.8 Å². The molecule has 11 heteroatoms. The lowest BCUT2D eigenvalue weighted by Crippen LogP contribution is -2.67. The molecule has 0 radical (unpaired) electrons. The number of nitrogens with one attached hydrogen (secondary N) is 1. The van der Waals surface area contributed by atoms with Gasteiger partial charge >= 0.3 is 24.2 Å². The van der Waals surface area contributed by atoms with Gasteiger partial charge in [0, 0.05) is 22.0 Å². The van der Waals surface area contributed by atoms with E-state index in [0.29, 0.717) is 24.8 Å². The number of hydrogen-bond donors (Lipinski definition) is 1. The van der Waals surface area contributed by atoms with E-state index in [4.69, 9.17) is 4.74 Å². The SMILES string of the molecule is O=C(N[C@@H](c1ccccc1)C1C2CC3CC(Sc4ccccc4)(C2)CC1(OC(=O)C(F)(F)F)C3)C(F)(F)F. The summed E-state index contributed by atoms with van der Waals surface area (Å²) in [6.45, 7) is 0. The van der Waals surface area contributed by atoms with Gasteiger partial charge in [-0.25, -0.2) is 4.79 Å². The average molecular weight is 558 g/mol. The van der Waals surface area contributed by atoms with Crippen LogP contribution in [0.15, 0.2) is 65.6 Å². The van der Waals surface area contributed by atoms with Crippen molar-refractivity contribution in [1.82, 2.24) is 5.32 Å². The predicted octanol–water partition coefficient (Wildman–Crippen LogP) is 6.62. The molecule has 6 atom stereocenters. The van der Waals surface area contributed by atoms with Gasteiger partial charge in [-0.1, -0.05) is 48.5 Å². The number of amides is 1.